The van der Waals surface area contributed by atoms with Crippen molar-refractivity contribution in [1.82, 2.24) is 9.55 Å². The average molecular weight is 308 g/mol. The lowest BCUT2D eigenvalue weighted by Gasteiger charge is -2.07. The lowest BCUT2D eigenvalue weighted by atomic mass is 10.1. The van der Waals surface area contributed by atoms with Crippen LogP contribution in [0.2, 0.25) is 0 Å². The van der Waals surface area contributed by atoms with E-state index in [0.29, 0.717) is 16.0 Å². The van der Waals surface area contributed by atoms with E-state index in [9.17, 15) is 9.59 Å². The van der Waals surface area contributed by atoms with Crippen LogP contribution in [0.4, 0.5) is 0 Å². The van der Waals surface area contributed by atoms with Crippen molar-refractivity contribution in [1.29, 1.82) is 0 Å². The summed E-state index contributed by atoms with van der Waals surface area (Å²) in [5.74, 6) is 0.548. The van der Waals surface area contributed by atoms with Crippen LogP contribution in [0.1, 0.15) is 20.3 Å². The minimum Gasteiger partial charge on any atom is -0.300 e. The number of hydrogen-bond donors (Lipinski definition) is 1. The van der Waals surface area contributed by atoms with Crippen molar-refractivity contribution < 1.29 is 0 Å². The molecule has 1 N–H and O–H groups in total. The van der Waals surface area contributed by atoms with Crippen LogP contribution < -0.4 is 11.2 Å². The molecule has 1 rings (SSSR count). The molecule has 0 atom stereocenters. The van der Waals surface area contributed by atoms with Crippen LogP contribution in [-0.4, -0.2) is 9.55 Å². The van der Waals surface area contributed by atoms with Crippen molar-refractivity contribution >= 4 is 22.6 Å². The number of nitrogens with one attached hydrogen (secondary N) is 1. The van der Waals surface area contributed by atoms with E-state index in [1.54, 1.807) is 10.8 Å². The predicted molar refractivity (Wildman–Crippen MR) is 63.5 cm³/mol. The van der Waals surface area contributed by atoms with Gasteiger partial charge in [-0.25, -0.2) is 4.79 Å². The first-order valence-electron chi connectivity index (χ1n) is 4.50. The first kappa shape index (κ1) is 11.5. The van der Waals surface area contributed by atoms with Crippen LogP contribution in [-0.2, 0) is 6.54 Å². The summed E-state index contributed by atoms with van der Waals surface area (Å²) >= 11 is 1.92. The first-order valence-corrected chi connectivity index (χ1v) is 5.58. The van der Waals surface area contributed by atoms with Crippen LogP contribution in [0.3, 0.4) is 0 Å². The Kier molecular flexibility index (Phi) is 3.91. The Bertz CT molecular complexity index is 420. The van der Waals surface area contributed by atoms with Gasteiger partial charge in [0.05, 0.1) is 3.57 Å². The minimum absolute atomic E-state index is 0.309. The molecule has 0 spiro atoms. The molecule has 0 fully saturated rings. The predicted octanol–water partition coefficient (Wildman–Crippen LogP) is 1.19. The van der Waals surface area contributed by atoms with Gasteiger partial charge < -0.3 is 0 Å². The van der Waals surface area contributed by atoms with E-state index >= 15 is 0 Å². The summed E-state index contributed by atoms with van der Waals surface area (Å²) in [4.78, 5) is 24.6. The van der Waals surface area contributed by atoms with E-state index in [4.69, 9.17) is 0 Å². The van der Waals surface area contributed by atoms with Gasteiger partial charge in [0.2, 0.25) is 0 Å². The molecule has 0 saturated carbocycles. The van der Waals surface area contributed by atoms with Crippen molar-refractivity contribution in [3.8, 4) is 0 Å². The van der Waals surface area contributed by atoms with Crippen molar-refractivity contribution in [2.45, 2.75) is 26.8 Å². The van der Waals surface area contributed by atoms with Crippen LogP contribution in [0.5, 0.6) is 0 Å². The third kappa shape index (κ3) is 2.97. The summed E-state index contributed by atoms with van der Waals surface area (Å²) in [6, 6.07) is 0. The summed E-state index contributed by atoms with van der Waals surface area (Å²) in [5.41, 5.74) is -0.632. The van der Waals surface area contributed by atoms with E-state index in [-0.39, 0.29) is 11.2 Å². The third-order valence-corrected chi connectivity index (χ3v) is 2.68. The lowest BCUT2D eigenvalue weighted by molar-refractivity contribution is 0.500. The molecule has 0 aliphatic carbocycles. The molecule has 1 aromatic rings. The maximum atomic E-state index is 11.3. The van der Waals surface area contributed by atoms with Gasteiger partial charge in [-0.1, -0.05) is 13.8 Å². The Morgan fingerprint density at radius 1 is 1.50 bits per heavy atom. The molecule has 5 heteroatoms. The SMILES string of the molecule is CC(C)CCn1cc(I)c(=O)[nH]c1=O. The van der Waals surface area contributed by atoms with E-state index in [1.165, 1.54) is 0 Å². The second kappa shape index (κ2) is 4.77. The molecular weight excluding hydrogens is 295 g/mol. The second-order valence-electron chi connectivity index (χ2n) is 3.61. The number of aromatic nitrogens is 2. The van der Waals surface area contributed by atoms with Crippen molar-refractivity contribution in [2.75, 3.05) is 0 Å². The molecule has 1 heterocycles. The largest absolute Gasteiger partial charge is 0.328 e. The molecule has 14 heavy (non-hydrogen) atoms. The fourth-order valence-electron chi connectivity index (χ4n) is 1.05. The lowest BCUT2D eigenvalue weighted by Crippen LogP contribution is -2.31. The maximum Gasteiger partial charge on any atom is 0.328 e. The standard InChI is InChI=1S/C9H13IN2O2/c1-6(2)3-4-12-5-7(10)8(13)11-9(12)14/h5-6H,3-4H2,1-2H3,(H,11,13,14). The zero-order valence-electron chi connectivity index (χ0n) is 8.21. The number of halogens is 1. The molecule has 0 unspecified atom stereocenters. The Balaban J connectivity index is 2.93. The molecule has 0 radical (unpaired) electrons. The molecule has 0 amide bonds. The van der Waals surface area contributed by atoms with Crippen molar-refractivity contribution in [3.63, 3.8) is 0 Å². The normalized spacial score (nSPS) is 10.9. The maximum absolute atomic E-state index is 11.3. The topological polar surface area (TPSA) is 54.9 Å². The van der Waals surface area contributed by atoms with Gasteiger partial charge in [-0.15, -0.1) is 0 Å². The van der Waals surface area contributed by atoms with E-state index < -0.39 is 0 Å². The number of hydrogen-bond acceptors (Lipinski definition) is 2. The average Bonchev–Trinajstić information content (AvgIpc) is 2.09. The number of H-pyrrole nitrogens is 1. The molecule has 1 aromatic heterocycles. The van der Waals surface area contributed by atoms with E-state index in [1.807, 2.05) is 22.6 Å². The Morgan fingerprint density at radius 2 is 2.14 bits per heavy atom. The molecule has 0 bridgehead atoms. The number of aryl methyl sites for hydroxylation is 1. The monoisotopic (exact) mass is 308 g/mol. The molecule has 78 valence electrons. The zero-order chi connectivity index (χ0) is 10.7. The number of rotatable bonds is 3. The second-order valence-corrected chi connectivity index (χ2v) is 4.77. The summed E-state index contributed by atoms with van der Waals surface area (Å²) in [6.45, 7) is 4.85. The summed E-state index contributed by atoms with van der Waals surface area (Å²) in [6.07, 6.45) is 2.53. The highest BCUT2D eigenvalue weighted by Gasteiger charge is 2.02. The summed E-state index contributed by atoms with van der Waals surface area (Å²) in [5, 5.41) is 0. The molecule has 0 saturated heterocycles. The number of nitrogens with zero attached hydrogens (tertiary/aromatic N) is 1. The van der Waals surface area contributed by atoms with Crippen molar-refractivity contribution in [2.24, 2.45) is 5.92 Å². The van der Waals surface area contributed by atoms with Gasteiger partial charge in [0, 0.05) is 12.7 Å². The van der Waals surface area contributed by atoms with Gasteiger partial charge in [0.15, 0.2) is 0 Å². The van der Waals surface area contributed by atoms with Crippen molar-refractivity contribution in [3.05, 3.63) is 30.6 Å². The first-order chi connectivity index (χ1) is 6.50. The summed E-state index contributed by atoms with van der Waals surface area (Å²) in [7, 11) is 0. The summed E-state index contributed by atoms with van der Waals surface area (Å²) < 4.78 is 2.09. The highest BCUT2D eigenvalue weighted by Crippen LogP contribution is 2.01. The Hall–Kier alpha value is -0.590. The van der Waals surface area contributed by atoms with Gasteiger partial charge >= 0.3 is 5.69 Å². The number of aromatic amines is 1. The smallest absolute Gasteiger partial charge is 0.300 e. The van der Waals surface area contributed by atoms with Crippen LogP contribution in [0.25, 0.3) is 0 Å². The molecular formula is C9H13IN2O2. The highest BCUT2D eigenvalue weighted by molar-refractivity contribution is 14.1. The minimum atomic E-state index is -0.323. The zero-order valence-corrected chi connectivity index (χ0v) is 10.4. The fraction of sp³-hybridized carbons (Fsp3) is 0.556. The third-order valence-electron chi connectivity index (χ3n) is 1.91. The van der Waals surface area contributed by atoms with Crippen LogP contribution in [0.15, 0.2) is 15.8 Å². The molecule has 0 aromatic carbocycles. The molecule has 4 nitrogen and oxygen atoms in total. The van der Waals surface area contributed by atoms with Gasteiger partial charge in [0.1, 0.15) is 0 Å². The highest BCUT2D eigenvalue weighted by atomic mass is 127. The van der Waals surface area contributed by atoms with E-state index in [2.05, 4.69) is 18.8 Å². The van der Waals surface area contributed by atoms with Crippen LogP contribution in [0, 0.1) is 9.49 Å². The quantitative estimate of drug-likeness (QED) is 0.853. The fourth-order valence-corrected chi connectivity index (χ4v) is 1.52. The Morgan fingerprint density at radius 3 is 2.71 bits per heavy atom. The van der Waals surface area contributed by atoms with Gasteiger partial charge in [-0.05, 0) is 34.9 Å². The molecule has 0 aliphatic rings. The Labute approximate surface area is 95.5 Å². The van der Waals surface area contributed by atoms with Gasteiger partial charge in [-0.3, -0.25) is 14.3 Å². The molecule has 0 aliphatic heterocycles. The van der Waals surface area contributed by atoms with Gasteiger partial charge in [0.25, 0.3) is 5.56 Å². The van der Waals surface area contributed by atoms with Crippen LogP contribution >= 0.6 is 22.6 Å². The van der Waals surface area contributed by atoms with Gasteiger partial charge in [-0.2, -0.15) is 0 Å². The van der Waals surface area contributed by atoms with E-state index in [0.717, 1.165) is 6.42 Å².